The highest BCUT2D eigenvalue weighted by atomic mass is 16.3. The van der Waals surface area contributed by atoms with Crippen LogP contribution in [0.25, 0.3) is 11.3 Å². The van der Waals surface area contributed by atoms with Crippen molar-refractivity contribution in [2.45, 2.75) is 6.42 Å². The summed E-state index contributed by atoms with van der Waals surface area (Å²) < 4.78 is 3.83. The fourth-order valence-corrected chi connectivity index (χ4v) is 2.60. The normalized spacial score (nSPS) is 11.3. The van der Waals surface area contributed by atoms with Gasteiger partial charge in [-0.25, -0.2) is 14.5 Å². The zero-order chi connectivity index (χ0) is 15.6. The predicted molar refractivity (Wildman–Crippen MR) is 86.6 cm³/mol. The van der Waals surface area contributed by atoms with Gasteiger partial charge in [0.25, 0.3) is 0 Å². The summed E-state index contributed by atoms with van der Waals surface area (Å²) in [5, 5.41) is 16.5. The molecule has 0 spiro atoms. The highest BCUT2D eigenvalue weighted by Crippen LogP contribution is 2.14. The number of fused-ring (bicyclic) bond motifs is 2. The lowest BCUT2D eigenvalue weighted by Crippen LogP contribution is -2.09. The molecule has 4 rings (SSSR count). The van der Waals surface area contributed by atoms with Gasteiger partial charge in [0.2, 0.25) is 0 Å². The molecule has 0 bridgehead atoms. The maximum atomic E-state index is 8.90. The Kier molecular flexibility index (Phi) is 3.39. The predicted octanol–water partition coefficient (Wildman–Crippen LogP) is 1.37. The van der Waals surface area contributed by atoms with Crippen LogP contribution in [0.3, 0.4) is 0 Å². The van der Waals surface area contributed by atoms with Crippen LogP contribution in [-0.4, -0.2) is 42.2 Å². The summed E-state index contributed by atoms with van der Waals surface area (Å²) in [5.74, 6) is 0.718. The van der Waals surface area contributed by atoms with Crippen LogP contribution in [-0.2, 0) is 6.42 Å². The van der Waals surface area contributed by atoms with E-state index < -0.39 is 0 Å². The average Bonchev–Trinajstić information content (AvgIpc) is 3.19. The Bertz CT molecular complexity index is 957. The maximum absolute atomic E-state index is 8.90. The number of nitrogens with one attached hydrogen (secondary N) is 1. The zero-order valence-electron chi connectivity index (χ0n) is 12.4. The average molecular weight is 308 g/mol. The molecule has 0 aromatic carbocycles. The van der Waals surface area contributed by atoms with Crippen molar-refractivity contribution in [1.29, 1.82) is 0 Å². The van der Waals surface area contributed by atoms with Gasteiger partial charge in [0, 0.05) is 31.6 Å². The number of hydrogen-bond donors (Lipinski definition) is 2. The quantitative estimate of drug-likeness (QED) is 0.582. The van der Waals surface area contributed by atoms with Crippen molar-refractivity contribution in [2.75, 3.05) is 18.5 Å². The highest BCUT2D eigenvalue weighted by Gasteiger charge is 2.07. The lowest BCUT2D eigenvalue weighted by atomic mass is 10.2. The summed E-state index contributed by atoms with van der Waals surface area (Å²) in [7, 11) is 0. The SMILES string of the molecule is OCCNc1ccc2ncc(Cc3ccc4nccn4c3)n2n1. The van der Waals surface area contributed by atoms with Gasteiger partial charge in [-0.3, -0.25) is 0 Å². The third-order valence-electron chi connectivity index (χ3n) is 3.69. The number of imidazole rings is 2. The van der Waals surface area contributed by atoms with Gasteiger partial charge in [-0.2, -0.15) is 0 Å². The number of hydrogen-bond acceptors (Lipinski definition) is 5. The molecular weight excluding hydrogens is 292 g/mol. The molecule has 7 heteroatoms. The van der Waals surface area contributed by atoms with Crippen LogP contribution in [0.1, 0.15) is 11.3 Å². The second kappa shape index (κ2) is 5.69. The molecule has 0 fully saturated rings. The van der Waals surface area contributed by atoms with Crippen molar-refractivity contribution in [3.63, 3.8) is 0 Å². The van der Waals surface area contributed by atoms with Gasteiger partial charge in [0.15, 0.2) is 5.65 Å². The van der Waals surface area contributed by atoms with E-state index in [1.54, 1.807) is 6.20 Å². The van der Waals surface area contributed by atoms with Crippen molar-refractivity contribution in [1.82, 2.24) is 24.0 Å². The number of aliphatic hydroxyl groups is 1. The van der Waals surface area contributed by atoms with Crippen molar-refractivity contribution in [3.8, 4) is 0 Å². The Morgan fingerprint density at radius 2 is 2.00 bits per heavy atom. The Balaban J connectivity index is 1.67. The van der Waals surface area contributed by atoms with Crippen molar-refractivity contribution in [3.05, 3.63) is 60.3 Å². The highest BCUT2D eigenvalue weighted by molar-refractivity contribution is 5.46. The minimum atomic E-state index is 0.0709. The lowest BCUT2D eigenvalue weighted by Gasteiger charge is -2.06. The molecule has 2 N–H and O–H groups in total. The summed E-state index contributed by atoms with van der Waals surface area (Å²) in [6, 6.07) is 7.84. The fraction of sp³-hybridized carbons (Fsp3) is 0.188. The minimum Gasteiger partial charge on any atom is -0.395 e. The Labute approximate surface area is 132 Å². The van der Waals surface area contributed by atoms with E-state index in [1.165, 1.54) is 0 Å². The van der Waals surface area contributed by atoms with E-state index in [0.29, 0.717) is 6.54 Å². The summed E-state index contributed by atoms with van der Waals surface area (Å²) >= 11 is 0. The molecule has 4 aromatic heterocycles. The third kappa shape index (κ3) is 2.62. The standard InChI is InChI=1S/C16H16N6O/c23-8-6-17-14-2-4-16-19-10-13(22(16)20-14)9-12-1-3-15-18-5-7-21(15)11-12/h1-5,7,10-11,23H,6,8-9H2,(H,17,20). The van der Waals surface area contributed by atoms with Crippen LogP contribution in [0.5, 0.6) is 0 Å². The van der Waals surface area contributed by atoms with E-state index in [-0.39, 0.29) is 6.61 Å². The van der Waals surface area contributed by atoms with Gasteiger partial charge in [-0.1, -0.05) is 6.07 Å². The van der Waals surface area contributed by atoms with E-state index in [0.717, 1.165) is 34.8 Å². The maximum Gasteiger partial charge on any atom is 0.153 e. The van der Waals surface area contributed by atoms with Gasteiger partial charge in [-0.05, 0) is 23.8 Å². The Morgan fingerprint density at radius 3 is 2.91 bits per heavy atom. The second-order valence-corrected chi connectivity index (χ2v) is 5.30. The molecule has 116 valence electrons. The Hall–Kier alpha value is -2.93. The molecule has 4 aromatic rings. The Morgan fingerprint density at radius 1 is 1.09 bits per heavy atom. The number of anilines is 1. The summed E-state index contributed by atoms with van der Waals surface area (Å²) in [6.45, 7) is 0.543. The van der Waals surface area contributed by atoms with Crippen molar-refractivity contribution < 1.29 is 5.11 Å². The van der Waals surface area contributed by atoms with Gasteiger partial charge < -0.3 is 14.8 Å². The van der Waals surface area contributed by atoms with Gasteiger partial charge in [0.05, 0.1) is 18.5 Å². The van der Waals surface area contributed by atoms with Crippen LogP contribution < -0.4 is 5.32 Å². The number of rotatable bonds is 5. The first-order valence-corrected chi connectivity index (χ1v) is 7.43. The molecule has 23 heavy (non-hydrogen) atoms. The molecule has 0 saturated carbocycles. The third-order valence-corrected chi connectivity index (χ3v) is 3.69. The van der Waals surface area contributed by atoms with Crippen molar-refractivity contribution in [2.24, 2.45) is 0 Å². The molecule has 0 amide bonds. The monoisotopic (exact) mass is 308 g/mol. The van der Waals surface area contributed by atoms with E-state index in [9.17, 15) is 0 Å². The molecule has 0 aliphatic rings. The summed E-state index contributed by atoms with van der Waals surface area (Å²) in [5.41, 5.74) is 3.90. The van der Waals surface area contributed by atoms with E-state index in [1.807, 2.05) is 39.5 Å². The van der Waals surface area contributed by atoms with Crippen molar-refractivity contribution >= 4 is 17.1 Å². The molecule has 0 radical (unpaired) electrons. The molecule has 0 aliphatic heterocycles. The second-order valence-electron chi connectivity index (χ2n) is 5.30. The summed E-state index contributed by atoms with van der Waals surface area (Å²) in [4.78, 5) is 8.64. The fourth-order valence-electron chi connectivity index (χ4n) is 2.60. The number of aromatic nitrogens is 5. The topological polar surface area (TPSA) is 79.8 Å². The van der Waals surface area contributed by atoms with Crippen LogP contribution in [0, 0.1) is 0 Å². The lowest BCUT2D eigenvalue weighted by molar-refractivity contribution is 0.311. The van der Waals surface area contributed by atoms with Crippen LogP contribution >= 0.6 is 0 Å². The van der Waals surface area contributed by atoms with Gasteiger partial charge in [-0.15, -0.1) is 5.10 Å². The van der Waals surface area contributed by atoms with E-state index in [4.69, 9.17) is 5.11 Å². The van der Waals surface area contributed by atoms with Gasteiger partial charge in [0.1, 0.15) is 11.5 Å². The first kappa shape index (κ1) is 13.7. The van der Waals surface area contributed by atoms with Crippen LogP contribution in [0.15, 0.2) is 49.1 Å². The van der Waals surface area contributed by atoms with Crippen LogP contribution in [0.2, 0.25) is 0 Å². The zero-order valence-corrected chi connectivity index (χ0v) is 12.4. The van der Waals surface area contributed by atoms with E-state index >= 15 is 0 Å². The van der Waals surface area contributed by atoms with Gasteiger partial charge >= 0.3 is 0 Å². The number of nitrogens with zero attached hydrogens (tertiary/aromatic N) is 5. The first-order chi connectivity index (χ1) is 11.3. The molecular formula is C16H16N6O. The smallest absolute Gasteiger partial charge is 0.153 e. The number of aliphatic hydroxyl groups excluding tert-OH is 1. The molecule has 0 saturated heterocycles. The molecule has 4 heterocycles. The molecule has 7 nitrogen and oxygen atoms in total. The summed E-state index contributed by atoms with van der Waals surface area (Å²) in [6.07, 6.45) is 8.36. The first-order valence-electron chi connectivity index (χ1n) is 7.43. The largest absolute Gasteiger partial charge is 0.395 e. The van der Waals surface area contributed by atoms with Crippen LogP contribution in [0.4, 0.5) is 5.82 Å². The number of pyridine rings is 1. The molecule has 0 aliphatic carbocycles. The van der Waals surface area contributed by atoms with E-state index in [2.05, 4.69) is 32.6 Å². The molecule has 0 atom stereocenters. The minimum absolute atomic E-state index is 0.0709. The molecule has 0 unspecified atom stereocenters.